The highest BCUT2D eigenvalue weighted by Gasteiger charge is 2.40. The number of hydrogen-bond acceptors (Lipinski definition) is 2. The van der Waals surface area contributed by atoms with Crippen LogP contribution in [-0.2, 0) is 5.41 Å². The number of benzene rings is 1. The van der Waals surface area contributed by atoms with Crippen LogP contribution in [-0.4, -0.2) is 13.2 Å². The summed E-state index contributed by atoms with van der Waals surface area (Å²) < 4.78 is 19.7. The van der Waals surface area contributed by atoms with Crippen LogP contribution in [0.15, 0.2) is 18.2 Å². The molecular formula is C15H20FNO. The second-order valence-corrected chi connectivity index (χ2v) is 5.71. The molecule has 0 heterocycles. The van der Waals surface area contributed by atoms with Crippen molar-refractivity contribution in [2.24, 2.45) is 11.7 Å². The third-order valence-electron chi connectivity index (χ3n) is 4.40. The van der Waals surface area contributed by atoms with Gasteiger partial charge in [0, 0.05) is 17.5 Å². The molecule has 18 heavy (non-hydrogen) atoms. The van der Waals surface area contributed by atoms with Crippen molar-refractivity contribution in [3.63, 3.8) is 0 Å². The van der Waals surface area contributed by atoms with E-state index in [9.17, 15) is 4.39 Å². The number of hydrogen-bond donors (Lipinski definition) is 1. The summed E-state index contributed by atoms with van der Waals surface area (Å²) in [4.78, 5) is 0. The molecule has 2 fully saturated rings. The van der Waals surface area contributed by atoms with E-state index in [1.54, 1.807) is 6.07 Å². The molecule has 2 aliphatic rings. The summed E-state index contributed by atoms with van der Waals surface area (Å²) >= 11 is 0. The molecule has 0 atom stereocenters. The van der Waals surface area contributed by atoms with Gasteiger partial charge in [0.1, 0.15) is 0 Å². The molecule has 0 amide bonds. The van der Waals surface area contributed by atoms with Crippen LogP contribution in [0.5, 0.6) is 5.75 Å². The summed E-state index contributed by atoms with van der Waals surface area (Å²) in [6.45, 7) is 1.23. The third kappa shape index (κ3) is 2.01. The van der Waals surface area contributed by atoms with Crippen molar-refractivity contribution >= 4 is 0 Å². The van der Waals surface area contributed by atoms with Gasteiger partial charge in [-0.3, -0.25) is 0 Å². The first-order valence-corrected chi connectivity index (χ1v) is 6.87. The minimum atomic E-state index is -0.243. The highest BCUT2D eigenvalue weighted by atomic mass is 19.1. The van der Waals surface area contributed by atoms with Gasteiger partial charge in [0.05, 0.1) is 6.61 Å². The predicted molar refractivity (Wildman–Crippen MR) is 69.2 cm³/mol. The van der Waals surface area contributed by atoms with E-state index in [0.717, 1.165) is 18.4 Å². The standard InChI is InChI=1S/C15H20FNO/c16-13-4-1-3-12(15(10-17)7-2-8-15)14(13)18-9-11-5-6-11/h1,3-4,11H,2,5-10,17H2. The Kier molecular flexibility index (Phi) is 3.02. The third-order valence-corrected chi connectivity index (χ3v) is 4.40. The topological polar surface area (TPSA) is 35.2 Å². The van der Waals surface area contributed by atoms with Crippen molar-refractivity contribution in [3.8, 4) is 5.75 Å². The van der Waals surface area contributed by atoms with Gasteiger partial charge in [0.15, 0.2) is 11.6 Å². The largest absolute Gasteiger partial charge is 0.490 e. The van der Waals surface area contributed by atoms with E-state index < -0.39 is 0 Å². The lowest BCUT2D eigenvalue weighted by molar-refractivity contribution is 0.226. The van der Waals surface area contributed by atoms with Crippen molar-refractivity contribution < 1.29 is 9.13 Å². The summed E-state index contributed by atoms with van der Waals surface area (Å²) in [6, 6.07) is 5.23. The molecule has 2 N–H and O–H groups in total. The molecule has 0 aromatic heterocycles. The fourth-order valence-corrected chi connectivity index (χ4v) is 2.75. The summed E-state index contributed by atoms with van der Waals surface area (Å²) in [5.41, 5.74) is 6.85. The smallest absolute Gasteiger partial charge is 0.165 e. The molecule has 2 saturated carbocycles. The van der Waals surface area contributed by atoms with E-state index in [-0.39, 0.29) is 11.2 Å². The molecule has 0 saturated heterocycles. The van der Waals surface area contributed by atoms with Gasteiger partial charge >= 0.3 is 0 Å². The average molecular weight is 249 g/mol. The summed E-state index contributed by atoms with van der Waals surface area (Å²) in [5.74, 6) is 0.843. The minimum Gasteiger partial charge on any atom is -0.490 e. The molecule has 2 nitrogen and oxygen atoms in total. The second-order valence-electron chi connectivity index (χ2n) is 5.71. The lowest BCUT2D eigenvalue weighted by Crippen LogP contribution is -2.42. The molecule has 0 aliphatic heterocycles. The van der Waals surface area contributed by atoms with Crippen molar-refractivity contribution in [3.05, 3.63) is 29.6 Å². The maximum absolute atomic E-state index is 14.0. The minimum absolute atomic E-state index is 0.0407. The van der Waals surface area contributed by atoms with Crippen molar-refractivity contribution in [1.82, 2.24) is 0 Å². The van der Waals surface area contributed by atoms with Crippen LogP contribution in [0.2, 0.25) is 0 Å². The maximum Gasteiger partial charge on any atom is 0.165 e. The van der Waals surface area contributed by atoms with Crippen LogP contribution in [0.25, 0.3) is 0 Å². The van der Waals surface area contributed by atoms with Crippen molar-refractivity contribution in [1.29, 1.82) is 0 Å². The monoisotopic (exact) mass is 249 g/mol. The van der Waals surface area contributed by atoms with Crippen molar-refractivity contribution in [2.75, 3.05) is 13.2 Å². The Hall–Kier alpha value is -1.09. The van der Waals surface area contributed by atoms with E-state index in [2.05, 4.69) is 0 Å². The maximum atomic E-state index is 14.0. The second kappa shape index (κ2) is 4.54. The van der Waals surface area contributed by atoms with Gasteiger partial charge in [-0.15, -0.1) is 0 Å². The van der Waals surface area contributed by atoms with Gasteiger partial charge in [0.25, 0.3) is 0 Å². The highest BCUT2D eigenvalue weighted by Crippen LogP contribution is 2.47. The molecule has 2 aliphatic carbocycles. The molecule has 98 valence electrons. The van der Waals surface area contributed by atoms with E-state index in [0.29, 0.717) is 24.8 Å². The number of para-hydroxylation sites is 1. The van der Waals surface area contributed by atoms with Gasteiger partial charge in [-0.2, -0.15) is 0 Å². The Morgan fingerprint density at radius 1 is 1.33 bits per heavy atom. The number of halogens is 1. The van der Waals surface area contributed by atoms with E-state index in [1.165, 1.54) is 25.3 Å². The average Bonchev–Trinajstić information content (AvgIpc) is 3.11. The van der Waals surface area contributed by atoms with Gasteiger partial charge < -0.3 is 10.5 Å². The van der Waals surface area contributed by atoms with Gasteiger partial charge in [-0.05, 0) is 37.7 Å². The number of nitrogens with two attached hydrogens (primary N) is 1. The van der Waals surface area contributed by atoms with Crippen molar-refractivity contribution in [2.45, 2.75) is 37.5 Å². The Balaban J connectivity index is 1.89. The van der Waals surface area contributed by atoms with Crippen LogP contribution in [0.3, 0.4) is 0 Å². The first-order chi connectivity index (χ1) is 8.75. The number of rotatable bonds is 5. The first kappa shape index (κ1) is 12.0. The zero-order chi connectivity index (χ0) is 12.6. The fourth-order valence-electron chi connectivity index (χ4n) is 2.75. The number of ether oxygens (including phenoxy) is 1. The lowest BCUT2D eigenvalue weighted by atomic mass is 9.64. The van der Waals surface area contributed by atoms with Gasteiger partial charge in [-0.25, -0.2) is 4.39 Å². The molecule has 0 spiro atoms. The highest BCUT2D eigenvalue weighted by molar-refractivity contribution is 5.42. The van der Waals surface area contributed by atoms with Crippen LogP contribution in [0, 0.1) is 11.7 Å². The quantitative estimate of drug-likeness (QED) is 0.870. The Morgan fingerprint density at radius 3 is 2.67 bits per heavy atom. The molecule has 0 unspecified atom stereocenters. The Morgan fingerprint density at radius 2 is 2.11 bits per heavy atom. The van der Waals surface area contributed by atoms with E-state index in [1.807, 2.05) is 6.07 Å². The molecule has 1 aromatic carbocycles. The molecule has 3 rings (SSSR count). The Labute approximate surface area is 107 Å². The summed E-state index contributed by atoms with van der Waals surface area (Å²) in [7, 11) is 0. The summed E-state index contributed by atoms with van der Waals surface area (Å²) in [6.07, 6.45) is 5.70. The molecule has 0 bridgehead atoms. The molecule has 3 heteroatoms. The molecule has 0 radical (unpaired) electrons. The van der Waals surface area contributed by atoms with E-state index >= 15 is 0 Å². The zero-order valence-corrected chi connectivity index (χ0v) is 10.6. The SMILES string of the molecule is NCC1(c2cccc(F)c2OCC2CC2)CCC1. The predicted octanol–water partition coefficient (Wildman–Crippen LogP) is 2.99. The molecular weight excluding hydrogens is 229 g/mol. The van der Waals surface area contributed by atoms with Crippen LogP contribution < -0.4 is 10.5 Å². The van der Waals surface area contributed by atoms with E-state index in [4.69, 9.17) is 10.5 Å². The normalized spacial score (nSPS) is 21.4. The van der Waals surface area contributed by atoms with Crippen LogP contribution in [0.4, 0.5) is 4.39 Å². The summed E-state index contributed by atoms with van der Waals surface area (Å²) in [5, 5.41) is 0. The fraction of sp³-hybridized carbons (Fsp3) is 0.600. The Bertz CT molecular complexity index is 433. The van der Waals surface area contributed by atoms with Crippen LogP contribution in [0.1, 0.15) is 37.7 Å². The van der Waals surface area contributed by atoms with Crippen LogP contribution >= 0.6 is 0 Å². The molecule has 1 aromatic rings. The first-order valence-electron chi connectivity index (χ1n) is 6.87. The van der Waals surface area contributed by atoms with Gasteiger partial charge in [0.2, 0.25) is 0 Å². The zero-order valence-electron chi connectivity index (χ0n) is 10.6. The van der Waals surface area contributed by atoms with Gasteiger partial charge in [-0.1, -0.05) is 18.6 Å². The lowest BCUT2D eigenvalue weighted by Gasteiger charge is -2.42.